The highest BCUT2D eigenvalue weighted by Gasteiger charge is 2.39. The Labute approximate surface area is 108 Å². The Morgan fingerprint density at radius 1 is 1.38 bits per heavy atom. The predicted octanol–water partition coefficient (Wildman–Crippen LogP) is 0.808. The summed E-state index contributed by atoms with van der Waals surface area (Å²) in [5.74, 6) is -0.937. The van der Waals surface area contributed by atoms with Crippen LogP contribution in [-0.4, -0.2) is 40.0 Å². The second-order valence-corrected chi connectivity index (χ2v) is 4.88. The van der Waals surface area contributed by atoms with Crippen LogP contribution in [0.1, 0.15) is 20.8 Å². The van der Waals surface area contributed by atoms with Gasteiger partial charge in [0.25, 0.3) is 0 Å². The number of carbonyl (C=O) groups is 2. The van der Waals surface area contributed by atoms with Gasteiger partial charge in [-0.2, -0.15) is 0 Å². The second-order valence-electron chi connectivity index (χ2n) is 4.11. The third-order valence-electron chi connectivity index (χ3n) is 1.42. The van der Waals surface area contributed by atoms with Gasteiger partial charge in [-0.15, -0.1) is 0 Å². The lowest BCUT2D eigenvalue weighted by atomic mass is 10.2. The average molecular weight is 345 g/mol. The average Bonchev–Trinajstić information content (AvgIpc) is 2.13. The van der Waals surface area contributed by atoms with E-state index in [-0.39, 0.29) is 4.43 Å². The van der Waals surface area contributed by atoms with E-state index in [1.165, 1.54) is 0 Å². The van der Waals surface area contributed by atoms with Crippen LogP contribution in [-0.2, 0) is 14.3 Å². The number of halogens is 1. The molecule has 0 saturated heterocycles. The van der Waals surface area contributed by atoms with E-state index in [2.05, 4.69) is 10.1 Å². The maximum Gasteiger partial charge on any atom is 0.410 e. The first-order valence-corrected chi connectivity index (χ1v) is 6.05. The van der Waals surface area contributed by atoms with Crippen molar-refractivity contribution in [1.82, 2.24) is 5.32 Å². The molecule has 0 aromatic heterocycles. The van der Waals surface area contributed by atoms with Crippen molar-refractivity contribution in [2.24, 2.45) is 0 Å². The first kappa shape index (κ1) is 15.4. The Morgan fingerprint density at radius 2 is 1.88 bits per heavy atom. The lowest BCUT2D eigenvalue weighted by Gasteiger charge is -2.26. The molecule has 0 aliphatic carbocycles. The summed E-state index contributed by atoms with van der Waals surface area (Å²) in [4.78, 5) is 22.6. The van der Waals surface area contributed by atoms with Gasteiger partial charge in [0.15, 0.2) is 0 Å². The van der Waals surface area contributed by atoms with Gasteiger partial charge < -0.3 is 14.6 Å². The van der Waals surface area contributed by atoms with Crippen LogP contribution in [0, 0.1) is 0 Å². The zero-order valence-electron chi connectivity index (χ0n) is 9.67. The van der Waals surface area contributed by atoms with Crippen LogP contribution in [0.3, 0.4) is 0 Å². The van der Waals surface area contributed by atoms with Gasteiger partial charge >= 0.3 is 12.1 Å². The molecule has 6 nitrogen and oxygen atoms in total. The number of aliphatic hydroxyl groups is 1. The van der Waals surface area contributed by atoms with Crippen LogP contribution in [0.5, 0.6) is 0 Å². The molecule has 0 aliphatic rings. The van der Waals surface area contributed by atoms with Gasteiger partial charge in [0.1, 0.15) is 5.60 Å². The molecule has 0 aliphatic heterocycles. The molecule has 0 rings (SSSR count). The maximum absolute atomic E-state index is 11.3. The van der Waals surface area contributed by atoms with Crippen molar-refractivity contribution in [2.75, 3.05) is 11.5 Å². The van der Waals surface area contributed by atoms with E-state index in [9.17, 15) is 14.7 Å². The predicted molar refractivity (Wildman–Crippen MR) is 65.2 cm³/mol. The molecule has 0 aromatic carbocycles. The fourth-order valence-electron chi connectivity index (χ4n) is 0.780. The molecule has 94 valence electrons. The van der Waals surface area contributed by atoms with E-state index in [1.54, 1.807) is 43.4 Å². The van der Waals surface area contributed by atoms with E-state index in [0.29, 0.717) is 0 Å². The van der Waals surface area contributed by atoms with Crippen LogP contribution in [0.25, 0.3) is 0 Å². The standard InChI is InChI=1S/C9H16INO5/c1-8(2,3)16-7(13)11-9(14,5-10)6(12)15-4/h14H,5H2,1-4H3,(H,11,13)/t9-/m1/s1. The number of alkyl halides is 1. The van der Waals surface area contributed by atoms with Crippen LogP contribution < -0.4 is 5.32 Å². The number of nitrogens with one attached hydrogen (secondary N) is 1. The van der Waals surface area contributed by atoms with E-state index in [4.69, 9.17) is 4.74 Å². The molecule has 0 heterocycles. The fourth-order valence-corrected chi connectivity index (χ4v) is 1.28. The van der Waals surface area contributed by atoms with Gasteiger partial charge in [0.05, 0.1) is 11.5 Å². The summed E-state index contributed by atoms with van der Waals surface area (Å²) in [7, 11) is 1.12. The zero-order valence-corrected chi connectivity index (χ0v) is 11.8. The third-order valence-corrected chi connectivity index (χ3v) is 2.53. The lowest BCUT2D eigenvalue weighted by Crippen LogP contribution is -2.57. The minimum atomic E-state index is -2.06. The summed E-state index contributed by atoms with van der Waals surface area (Å²) < 4.78 is 9.24. The molecule has 7 heteroatoms. The first-order chi connectivity index (χ1) is 7.14. The monoisotopic (exact) mass is 345 g/mol. The van der Waals surface area contributed by atoms with Crippen molar-refractivity contribution in [3.05, 3.63) is 0 Å². The van der Waals surface area contributed by atoms with Crippen molar-refractivity contribution in [1.29, 1.82) is 0 Å². The third kappa shape index (κ3) is 4.97. The number of alkyl carbamates (subject to hydrolysis) is 1. The second kappa shape index (κ2) is 5.67. The topological polar surface area (TPSA) is 84.9 Å². The highest BCUT2D eigenvalue weighted by Crippen LogP contribution is 2.11. The van der Waals surface area contributed by atoms with Gasteiger partial charge in [-0.25, -0.2) is 9.59 Å². The van der Waals surface area contributed by atoms with Gasteiger partial charge in [0, 0.05) is 0 Å². The van der Waals surface area contributed by atoms with Crippen molar-refractivity contribution in [3.63, 3.8) is 0 Å². The molecule has 0 bridgehead atoms. The molecule has 2 N–H and O–H groups in total. The largest absolute Gasteiger partial charge is 0.465 e. The van der Waals surface area contributed by atoms with Gasteiger partial charge in [-0.1, -0.05) is 22.6 Å². The Balaban J connectivity index is 4.55. The molecule has 0 radical (unpaired) electrons. The minimum absolute atomic E-state index is 0.0450. The van der Waals surface area contributed by atoms with E-state index >= 15 is 0 Å². The van der Waals surface area contributed by atoms with E-state index in [1.807, 2.05) is 0 Å². The summed E-state index contributed by atoms with van der Waals surface area (Å²) in [6, 6.07) is 0. The SMILES string of the molecule is COC(=O)[C@](O)(CI)NC(=O)OC(C)(C)C. The molecule has 1 atom stereocenters. The van der Waals surface area contributed by atoms with Crippen LogP contribution in [0.2, 0.25) is 0 Å². The summed E-state index contributed by atoms with van der Waals surface area (Å²) in [5.41, 5.74) is -2.76. The minimum Gasteiger partial charge on any atom is -0.465 e. The molecule has 0 fully saturated rings. The summed E-state index contributed by atoms with van der Waals surface area (Å²) in [6.45, 7) is 5.02. The van der Waals surface area contributed by atoms with Crippen LogP contribution >= 0.6 is 22.6 Å². The molecule has 0 spiro atoms. The number of rotatable bonds is 3. The van der Waals surface area contributed by atoms with Crippen LogP contribution in [0.15, 0.2) is 0 Å². The van der Waals surface area contributed by atoms with Gasteiger partial charge in [-0.05, 0) is 20.8 Å². The van der Waals surface area contributed by atoms with Crippen molar-refractivity contribution in [2.45, 2.75) is 32.1 Å². The van der Waals surface area contributed by atoms with Gasteiger partial charge in [0.2, 0.25) is 5.72 Å². The van der Waals surface area contributed by atoms with Crippen molar-refractivity contribution < 1.29 is 24.2 Å². The highest BCUT2D eigenvalue weighted by molar-refractivity contribution is 14.1. The number of hydrogen-bond acceptors (Lipinski definition) is 5. The summed E-state index contributed by atoms with van der Waals surface area (Å²) in [5, 5.41) is 11.8. The number of amides is 1. The van der Waals surface area contributed by atoms with Crippen LogP contribution in [0.4, 0.5) is 4.79 Å². The normalized spacial score (nSPS) is 14.9. The maximum atomic E-state index is 11.3. The molecule has 0 unspecified atom stereocenters. The number of ether oxygens (including phenoxy) is 2. The summed E-state index contributed by atoms with van der Waals surface area (Å²) >= 11 is 1.75. The first-order valence-electron chi connectivity index (χ1n) is 4.52. The number of methoxy groups -OCH3 is 1. The Kier molecular flexibility index (Phi) is 5.47. The zero-order chi connectivity index (χ0) is 13.0. The smallest absolute Gasteiger partial charge is 0.410 e. The number of esters is 1. The molecular weight excluding hydrogens is 329 g/mol. The van der Waals surface area contributed by atoms with E-state index < -0.39 is 23.4 Å². The molecule has 16 heavy (non-hydrogen) atoms. The fraction of sp³-hybridized carbons (Fsp3) is 0.778. The number of carbonyl (C=O) groups excluding carboxylic acids is 2. The Morgan fingerprint density at radius 3 is 2.19 bits per heavy atom. The molecule has 1 amide bonds. The number of hydrogen-bond donors (Lipinski definition) is 2. The van der Waals surface area contributed by atoms with E-state index in [0.717, 1.165) is 7.11 Å². The highest BCUT2D eigenvalue weighted by atomic mass is 127. The Hall–Kier alpha value is -0.570. The molecular formula is C9H16INO5. The molecule has 0 saturated carbocycles. The van der Waals surface area contributed by atoms with Gasteiger partial charge in [-0.3, -0.25) is 5.32 Å². The molecule has 0 aromatic rings. The summed E-state index contributed by atoms with van der Waals surface area (Å²) in [6.07, 6.45) is -0.878. The lowest BCUT2D eigenvalue weighted by molar-refractivity contribution is -0.162. The van der Waals surface area contributed by atoms with Crippen molar-refractivity contribution in [3.8, 4) is 0 Å². The Bertz CT molecular complexity index is 276. The van der Waals surface area contributed by atoms with Crippen molar-refractivity contribution >= 4 is 34.7 Å². The quantitative estimate of drug-likeness (QED) is 0.342.